The third-order valence-electron chi connectivity index (χ3n) is 4.22. The summed E-state index contributed by atoms with van der Waals surface area (Å²) in [4.78, 5) is 25.3. The Morgan fingerprint density at radius 3 is 2.41 bits per heavy atom. The number of aliphatic hydroxyl groups is 1. The second-order valence-corrected chi connectivity index (χ2v) is 7.28. The van der Waals surface area contributed by atoms with Crippen molar-refractivity contribution >= 4 is 23.0 Å². The summed E-state index contributed by atoms with van der Waals surface area (Å²) in [6.07, 6.45) is -0.314. The number of rotatable bonds is 5. The minimum atomic E-state index is -0.720. The average molecular weight is 377 g/mol. The van der Waals surface area contributed by atoms with Crippen LogP contribution in [0.1, 0.15) is 44.9 Å². The van der Waals surface area contributed by atoms with Gasteiger partial charge in [-0.15, -0.1) is 0 Å². The minimum absolute atomic E-state index is 0.125. The lowest BCUT2D eigenvalue weighted by Crippen LogP contribution is -2.29. The van der Waals surface area contributed by atoms with Crippen LogP contribution in [0.25, 0.3) is 10.9 Å². The van der Waals surface area contributed by atoms with E-state index >= 15 is 0 Å². The molecule has 0 fully saturated rings. The highest BCUT2D eigenvalue weighted by Gasteiger charge is 2.31. The number of carbonyl (C=O) groups is 2. The van der Waals surface area contributed by atoms with Crippen molar-refractivity contribution in [2.75, 3.05) is 20.8 Å². The largest absolute Gasteiger partial charge is 0.497 e. The smallest absolute Gasteiger partial charge is 0.419 e. The van der Waals surface area contributed by atoms with Gasteiger partial charge >= 0.3 is 12.1 Å². The number of benzene rings is 1. The van der Waals surface area contributed by atoms with Gasteiger partial charge in [0.25, 0.3) is 0 Å². The zero-order chi connectivity index (χ0) is 20.4. The maximum absolute atomic E-state index is 13.0. The van der Waals surface area contributed by atoms with Gasteiger partial charge in [0.1, 0.15) is 11.4 Å². The molecule has 1 heterocycles. The molecule has 1 unspecified atom stereocenters. The fourth-order valence-electron chi connectivity index (χ4n) is 3.10. The molecule has 2 rings (SSSR count). The van der Waals surface area contributed by atoms with E-state index in [-0.39, 0.29) is 13.0 Å². The molecule has 0 spiro atoms. The van der Waals surface area contributed by atoms with Crippen molar-refractivity contribution in [3.05, 3.63) is 29.5 Å². The second kappa shape index (κ2) is 8.00. The SMILES string of the molecule is COC(=O)C(C)c1c(CCO)c2ccc(OC)cc2n1C(=O)OC(C)(C)C. The van der Waals surface area contributed by atoms with Crippen molar-refractivity contribution in [3.8, 4) is 5.75 Å². The molecule has 2 aromatic rings. The molecule has 1 aromatic carbocycles. The van der Waals surface area contributed by atoms with Crippen LogP contribution in [0.5, 0.6) is 5.75 Å². The highest BCUT2D eigenvalue weighted by atomic mass is 16.6. The molecule has 1 N–H and O–H groups in total. The number of fused-ring (bicyclic) bond motifs is 1. The Morgan fingerprint density at radius 2 is 1.89 bits per heavy atom. The zero-order valence-corrected chi connectivity index (χ0v) is 16.7. The van der Waals surface area contributed by atoms with Crippen molar-refractivity contribution in [1.82, 2.24) is 4.57 Å². The highest BCUT2D eigenvalue weighted by Crippen LogP contribution is 2.35. The Bertz CT molecular complexity index is 846. The van der Waals surface area contributed by atoms with Gasteiger partial charge in [0.15, 0.2) is 0 Å². The van der Waals surface area contributed by atoms with E-state index in [1.807, 2.05) is 6.07 Å². The fraction of sp³-hybridized carbons (Fsp3) is 0.500. The Hall–Kier alpha value is -2.54. The van der Waals surface area contributed by atoms with Gasteiger partial charge < -0.3 is 19.3 Å². The number of esters is 1. The molecule has 0 amide bonds. The first-order chi connectivity index (χ1) is 12.6. The van der Waals surface area contributed by atoms with Gasteiger partial charge in [0.05, 0.1) is 25.7 Å². The zero-order valence-electron chi connectivity index (χ0n) is 16.7. The van der Waals surface area contributed by atoms with E-state index < -0.39 is 23.6 Å². The van der Waals surface area contributed by atoms with Crippen LogP contribution in [0.2, 0.25) is 0 Å². The van der Waals surface area contributed by atoms with E-state index in [9.17, 15) is 14.7 Å². The second-order valence-electron chi connectivity index (χ2n) is 7.28. The van der Waals surface area contributed by atoms with E-state index in [1.165, 1.54) is 18.8 Å². The fourth-order valence-corrected chi connectivity index (χ4v) is 3.10. The number of hydrogen-bond donors (Lipinski definition) is 1. The average Bonchev–Trinajstić information content (AvgIpc) is 2.92. The number of aliphatic hydroxyl groups excluding tert-OH is 1. The first-order valence-electron chi connectivity index (χ1n) is 8.77. The van der Waals surface area contributed by atoms with E-state index in [2.05, 4.69) is 0 Å². The number of carbonyl (C=O) groups excluding carboxylic acids is 2. The Kier molecular flexibility index (Phi) is 6.15. The van der Waals surface area contributed by atoms with Crippen LogP contribution in [0.3, 0.4) is 0 Å². The van der Waals surface area contributed by atoms with Crippen LogP contribution in [0, 0.1) is 0 Å². The molecule has 0 radical (unpaired) electrons. The van der Waals surface area contributed by atoms with Crippen LogP contribution in [-0.4, -0.2) is 48.2 Å². The first kappa shape index (κ1) is 20.8. The van der Waals surface area contributed by atoms with Crippen LogP contribution >= 0.6 is 0 Å². The lowest BCUT2D eigenvalue weighted by Gasteiger charge is -2.22. The van der Waals surface area contributed by atoms with Gasteiger partial charge in [-0.25, -0.2) is 9.36 Å². The van der Waals surface area contributed by atoms with Gasteiger partial charge in [-0.3, -0.25) is 4.79 Å². The lowest BCUT2D eigenvalue weighted by atomic mass is 9.99. The molecule has 0 aliphatic carbocycles. The van der Waals surface area contributed by atoms with Crippen LogP contribution in [0.4, 0.5) is 4.79 Å². The summed E-state index contributed by atoms with van der Waals surface area (Å²) in [5.74, 6) is -0.631. The number of methoxy groups -OCH3 is 2. The monoisotopic (exact) mass is 377 g/mol. The molecule has 7 heteroatoms. The van der Waals surface area contributed by atoms with E-state index in [0.717, 1.165) is 5.39 Å². The van der Waals surface area contributed by atoms with Crippen LogP contribution in [-0.2, 0) is 20.7 Å². The van der Waals surface area contributed by atoms with Crippen molar-refractivity contribution in [2.24, 2.45) is 0 Å². The highest BCUT2D eigenvalue weighted by molar-refractivity contribution is 5.96. The summed E-state index contributed by atoms with van der Waals surface area (Å²) in [6, 6.07) is 5.30. The number of aromatic nitrogens is 1. The molecule has 0 aliphatic rings. The third-order valence-corrected chi connectivity index (χ3v) is 4.22. The van der Waals surface area contributed by atoms with Crippen molar-refractivity contribution < 1.29 is 28.9 Å². The maximum atomic E-state index is 13.0. The van der Waals surface area contributed by atoms with Crippen LogP contribution < -0.4 is 4.74 Å². The third kappa shape index (κ3) is 4.24. The Balaban J connectivity index is 2.84. The molecule has 0 saturated carbocycles. The molecule has 0 aliphatic heterocycles. The predicted molar refractivity (Wildman–Crippen MR) is 101 cm³/mol. The van der Waals surface area contributed by atoms with Gasteiger partial charge in [0, 0.05) is 23.8 Å². The van der Waals surface area contributed by atoms with Gasteiger partial charge in [0.2, 0.25) is 0 Å². The van der Waals surface area contributed by atoms with Gasteiger partial charge in [-0.1, -0.05) is 0 Å². The minimum Gasteiger partial charge on any atom is -0.497 e. The number of ether oxygens (including phenoxy) is 3. The normalized spacial score (nSPS) is 12.7. The molecule has 0 saturated heterocycles. The Labute approximate surface area is 158 Å². The standard InChI is InChI=1S/C20H27NO6/c1-12(18(23)26-6)17-15(9-10-22)14-8-7-13(25-5)11-16(14)21(17)19(24)27-20(2,3)4/h7-8,11-12,22H,9-10H2,1-6H3. The summed E-state index contributed by atoms with van der Waals surface area (Å²) in [6.45, 7) is 6.86. The summed E-state index contributed by atoms with van der Waals surface area (Å²) < 4.78 is 17.1. The maximum Gasteiger partial charge on any atom is 0.419 e. The number of nitrogens with zero attached hydrogens (tertiary/aromatic N) is 1. The quantitative estimate of drug-likeness (QED) is 0.805. The Morgan fingerprint density at radius 1 is 1.22 bits per heavy atom. The van der Waals surface area contributed by atoms with E-state index in [1.54, 1.807) is 39.8 Å². The number of hydrogen-bond acceptors (Lipinski definition) is 6. The predicted octanol–water partition coefficient (Wildman–Crippen LogP) is 3.24. The molecular formula is C20H27NO6. The van der Waals surface area contributed by atoms with Crippen molar-refractivity contribution in [1.29, 1.82) is 0 Å². The molecule has 27 heavy (non-hydrogen) atoms. The first-order valence-corrected chi connectivity index (χ1v) is 8.77. The summed E-state index contributed by atoms with van der Waals surface area (Å²) in [7, 11) is 2.84. The van der Waals surface area contributed by atoms with Gasteiger partial charge in [-0.05, 0) is 51.8 Å². The molecule has 1 atom stereocenters. The lowest BCUT2D eigenvalue weighted by molar-refractivity contribution is -0.142. The van der Waals surface area contributed by atoms with Crippen LogP contribution in [0.15, 0.2) is 18.2 Å². The molecule has 148 valence electrons. The van der Waals surface area contributed by atoms with Gasteiger partial charge in [-0.2, -0.15) is 0 Å². The summed E-state index contributed by atoms with van der Waals surface area (Å²) >= 11 is 0. The molecule has 0 bridgehead atoms. The summed E-state index contributed by atoms with van der Waals surface area (Å²) in [5.41, 5.74) is 1.00. The molecule has 1 aromatic heterocycles. The summed E-state index contributed by atoms with van der Waals surface area (Å²) in [5, 5.41) is 10.3. The van der Waals surface area contributed by atoms with E-state index in [4.69, 9.17) is 14.2 Å². The topological polar surface area (TPSA) is 87.0 Å². The van der Waals surface area contributed by atoms with Crippen molar-refractivity contribution in [3.63, 3.8) is 0 Å². The van der Waals surface area contributed by atoms with E-state index in [0.29, 0.717) is 22.5 Å². The molecule has 7 nitrogen and oxygen atoms in total. The van der Waals surface area contributed by atoms with Crippen molar-refractivity contribution in [2.45, 2.75) is 45.6 Å². The molecular weight excluding hydrogens is 350 g/mol.